The average molecular weight is 423 g/mol. The monoisotopic (exact) mass is 422 g/mol. The molecular formula is C18H28Cl2N2O3S. The van der Waals surface area contributed by atoms with Gasteiger partial charge in [-0.2, -0.15) is 4.31 Å². The van der Waals surface area contributed by atoms with Crippen LogP contribution in [-0.2, 0) is 10.0 Å². The van der Waals surface area contributed by atoms with E-state index < -0.39 is 10.0 Å². The second-order valence-corrected chi connectivity index (χ2v) is 9.45. The molecule has 0 unspecified atom stereocenters. The molecule has 8 heteroatoms. The van der Waals surface area contributed by atoms with Gasteiger partial charge in [0.1, 0.15) is 10.6 Å². The maximum absolute atomic E-state index is 13.1. The highest BCUT2D eigenvalue weighted by atomic mass is 35.5. The van der Waals surface area contributed by atoms with Crippen molar-refractivity contribution in [2.24, 2.45) is 11.8 Å². The van der Waals surface area contributed by atoms with Crippen molar-refractivity contribution < 1.29 is 13.2 Å². The third-order valence-corrected chi connectivity index (χ3v) is 7.44. The summed E-state index contributed by atoms with van der Waals surface area (Å²) in [5.74, 6) is 1.50. The SMILES string of the molecule is CNCC1CCN(S(=O)(=O)c2cc(Cl)ccc2OCC2CCC2)CC1.Cl. The summed E-state index contributed by atoms with van der Waals surface area (Å²) in [6.45, 7) is 2.60. The average Bonchev–Trinajstić information content (AvgIpc) is 2.55. The van der Waals surface area contributed by atoms with Crippen LogP contribution in [0.25, 0.3) is 0 Å². The molecule has 1 heterocycles. The van der Waals surface area contributed by atoms with Gasteiger partial charge < -0.3 is 10.1 Å². The summed E-state index contributed by atoms with van der Waals surface area (Å²) >= 11 is 6.08. The molecule has 2 fully saturated rings. The lowest BCUT2D eigenvalue weighted by molar-refractivity contribution is 0.177. The molecule has 0 amide bonds. The molecule has 26 heavy (non-hydrogen) atoms. The van der Waals surface area contributed by atoms with Gasteiger partial charge in [0.25, 0.3) is 0 Å². The fourth-order valence-electron chi connectivity index (χ4n) is 3.45. The standard InChI is InChI=1S/C18H27ClN2O3S.ClH/c1-20-12-14-7-9-21(10-8-14)25(22,23)18-11-16(19)5-6-17(18)24-13-15-3-2-4-15;/h5-6,11,14-15,20H,2-4,7-10,12-13H2,1H3;1H. The molecular weight excluding hydrogens is 395 g/mol. The Morgan fingerprint density at radius 2 is 1.88 bits per heavy atom. The summed E-state index contributed by atoms with van der Waals surface area (Å²) < 4.78 is 33.7. The number of sulfonamides is 1. The van der Waals surface area contributed by atoms with Crippen LogP contribution in [0.3, 0.4) is 0 Å². The van der Waals surface area contributed by atoms with Crippen molar-refractivity contribution in [2.75, 3.05) is 33.3 Å². The van der Waals surface area contributed by atoms with Crippen molar-refractivity contribution in [2.45, 2.75) is 37.0 Å². The van der Waals surface area contributed by atoms with E-state index in [1.165, 1.54) is 12.5 Å². The lowest BCUT2D eigenvalue weighted by Crippen LogP contribution is -2.40. The predicted octanol–water partition coefficient (Wildman–Crippen LogP) is 3.56. The van der Waals surface area contributed by atoms with Crippen molar-refractivity contribution in [1.29, 1.82) is 0 Å². The normalized spacial score (nSPS) is 19.6. The molecule has 0 spiro atoms. The Kier molecular flexibility index (Phi) is 8.04. The van der Waals surface area contributed by atoms with E-state index in [-0.39, 0.29) is 17.3 Å². The van der Waals surface area contributed by atoms with Gasteiger partial charge in [0.05, 0.1) is 6.61 Å². The van der Waals surface area contributed by atoms with Gasteiger partial charge in [-0.25, -0.2) is 8.42 Å². The third-order valence-electron chi connectivity index (χ3n) is 5.29. The van der Waals surface area contributed by atoms with Crippen LogP contribution in [-0.4, -0.2) is 46.0 Å². The summed E-state index contributed by atoms with van der Waals surface area (Å²) in [4.78, 5) is 0.200. The number of ether oxygens (including phenoxy) is 1. The molecule has 1 saturated carbocycles. The summed E-state index contributed by atoms with van der Waals surface area (Å²) in [6.07, 6.45) is 5.31. The molecule has 0 bridgehead atoms. The molecule has 5 nitrogen and oxygen atoms in total. The Bertz CT molecular complexity index is 688. The first-order valence-electron chi connectivity index (χ1n) is 9.08. The number of hydrogen-bond donors (Lipinski definition) is 1. The number of rotatable bonds is 7. The largest absolute Gasteiger partial charge is 0.492 e. The highest BCUT2D eigenvalue weighted by Crippen LogP contribution is 2.33. The van der Waals surface area contributed by atoms with E-state index in [4.69, 9.17) is 16.3 Å². The van der Waals surface area contributed by atoms with Crippen molar-refractivity contribution in [3.63, 3.8) is 0 Å². The summed E-state index contributed by atoms with van der Waals surface area (Å²) in [5, 5.41) is 3.59. The fraction of sp³-hybridized carbons (Fsp3) is 0.667. The summed E-state index contributed by atoms with van der Waals surface area (Å²) in [5.41, 5.74) is 0. The molecule has 1 aliphatic carbocycles. The Morgan fingerprint density at radius 1 is 1.19 bits per heavy atom. The van der Waals surface area contributed by atoms with Crippen LogP contribution in [0.1, 0.15) is 32.1 Å². The molecule has 1 aliphatic heterocycles. The van der Waals surface area contributed by atoms with Gasteiger partial charge in [0, 0.05) is 18.1 Å². The number of nitrogens with one attached hydrogen (secondary N) is 1. The van der Waals surface area contributed by atoms with Crippen molar-refractivity contribution >= 4 is 34.0 Å². The van der Waals surface area contributed by atoms with E-state index in [0.29, 0.717) is 42.3 Å². The number of piperidine rings is 1. The Balaban J connectivity index is 0.00000243. The van der Waals surface area contributed by atoms with Gasteiger partial charge in [-0.05, 0) is 69.3 Å². The quantitative estimate of drug-likeness (QED) is 0.729. The Labute approximate surface area is 167 Å². The molecule has 1 aromatic carbocycles. The van der Waals surface area contributed by atoms with E-state index in [1.54, 1.807) is 16.4 Å². The van der Waals surface area contributed by atoms with E-state index in [9.17, 15) is 8.42 Å². The molecule has 1 aromatic rings. The number of halogens is 2. The van der Waals surface area contributed by atoms with Crippen LogP contribution in [0.4, 0.5) is 0 Å². The van der Waals surface area contributed by atoms with E-state index >= 15 is 0 Å². The zero-order valence-corrected chi connectivity index (χ0v) is 17.5. The summed E-state index contributed by atoms with van der Waals surface area (Å²) in [6, 6.07) is 4.89. The first kappa shape index (κ1) is 21.8. The molecule has 1 N–H and O–H groups in total. The molecule has 0 atom stereocenters. The minimum absolute atomic E-state index is 0. The van der Waals surface area contributed by atoms with Gasteiger partial charge in [-0.15, -0.1) is 12.4 Å². The van der Waals surface area contributed by atoms with Crippen LogP contribution in [0, 0.1) is 11.8 Å². The minimum atomic E-state index is -3.59. The second-order valence-electron chi connectivity index (χ2n) is 7.10. The number of hydrogen-bond acceptors (Lipinski definition) is 4. The lowest BCUT2D eigenvalue weighted by atomic mass is 9.86. The number of nitrogens with zero attached hydrogens (tertiary/aromatic N) is 1. The highest BCUT2D eigenvalue weighted by Gasteiger charge is 2.32. The predicted molar refractivity (Wildman–Crippen MR) is 107 cm³/mol. The first-order valence-corrected chi connectivity index (χ1v) is 10.9. The van der Waals surface area contributed by atoms with Crippen LogP contribution < -0.4 is 10.1 Å². The van der Waals surface area contributed by atoms with Gasteiger partial charge in [0.2, 0.25) is 10.0 Å². The zero-order valence-electron chi connectivity index (χ0n) is 15.1. The van der Waals surface area contributed by atoms with Crippen molar-refractivity contribution in [1.82, 2.24) is 9.62 Å². The van der Waals surface area contributed by atoms with Crippen LogP contribution in [0.5, 0.6) is 5.75 Å². The molecule has 1 saturated heterocycles. The van der Waals surface area contributed by atoms with E-state index in [1.807, 2.05) is 7.05 Å². The molecule has 2 aliphatic rings. The van der Waals surface area contributed by atoms with E-state index in [0.717, 1.165) is 32.2 Å². The summed E-state index contributed by atoms with van der Waals surface area (Å²) in [7, 11) is -1.66. The van der Waals surface area contributed by atoms with Crippen LogP contribution in [0.15, 0.2) is 23.1 Å². The second kappa shape index (κ2) is 9.60. The zero-order chi connectivity index (χ0) is 17.9. The van der Waals surface area contributed by atoms with Gasteiger partial charge in [-0.1, -0.05) is 18.0 Å². The Morgan fingerprint density at radius 3 is 2.46 bits per heavy atom. The number of benzene rings is 1. The molecule has 0 aromatic heterocycles. The smallest absolute Gasteiger partial charge is 0.246 e. The maximum Gasteiger partial charge on any atom is 0.246 e. The van der Waals surface area contributed by atoms with Crippen molar-refractivity contribution in [3.05, 3.63) is 23.2 Å². The molecule has 3 rings (SSSR count). The fourth-order valence-corrected chi connectivity index (χ4v) is 5.31. The first-order chi connectivity index (χ1) is 12.0. The van der Waals surface area contributed by atoms with Gasteiger partial charge in [-0.3, -0.25) is 0 Å². The molecule has 148 valence electrons. The van der Waals surface area contributed by atoms with Crippen LogP contribution in [0.2, 0.25) is 5.02 Å². The maximum atomic E-state index is 13.1. The van der Waals surface area contributed by atoms with Crippen LogP contribution >= 0.6 is 24.0 Å². The minimum Gasteiger partial charge on any atom is -0.492 e. The Hall–Kier alpha value is -0.530. The van der Waals surface area contributed by atoms with Gasteiger partial charge in [0.15, 0.2) is 0 Å². The third kappa shape index (κ3) is 5.04. The molecule has 0 radical (unpaired) electrons. The highest BCUT2D eigenvalue weighted by molar-refractivity contribution is 7.89. The topological polar surface area (TPSA) is 58.6 Å². The van der Waals surface area contributed by atoms with Crippen molar-refractivity contribution in [3.8, 4) is 5.75 Å². The van der Waals surface area contributed by atoms with E-state index in [2.05, 4.69) is 5.32 Å². The lowest BCUT2D eigenvalue weighted by Gasteiger charge is -2.32. The van der Waals surface area contributed by atoms with Gasteiger partial charge >= 0.3 is 0 Å².